The van der Waals surface area contributed by atoms with Gasteiger partial charge in [-0.15, -0.1) is 0 Å². The SMILES string of the molecule is CC(C)c1cc(C(=O)N2CCCC(c3ccccc3)CC2)no1. The first-order valence-electron chi connectivity index (χ1n) is 8.46. The van der Waals surface area contributed by atoms with E-state index in [1.54, 1.807) is 6.07 Å². The monoisotopic (exact) mass is 312 g/mol. The summed E-state index contributed by atoms with van der Waals surface area (Å²) in [6, 6.07) is 12.4. The van der Waals surface area contributed by atoms with Gasteiger partial charge in [0.1, 0.15) is 5.76 Å². The van der Waals surface area contributed by atoms with Gasteiger partial charge in [-0.2, -0.15) is 0 Å². The van der Waals surface area contributed by atoms with Crippen molar-refractivity contribution in [2.45, 2.75) is 44.9 Å². The van der Waals surface area contributed by atoms with E-state index in [1.807, 2.05) is 24.8 Å². The van der Waals surface area contributed by atoms with Crippen LogP contribution < -0.4 is 0 Å². The molecule has 1 amide bonds. The minimum atomic E-state index is -0.00522. The maximum atomic E-state index is 12.6. The van der Waals surface area contributed by atoms with Crippen molar-refractivity contribution in [2.24, 2.45) is 0 Å². The van der Waals surface area contributed by atoms with Crippen LogP contribution in [0, 0.1) is 0 Å². The molecule has 23 heavy (non-hydrogen) atoms. The lowest BCUT2D eigenvalue weighted by molar-refractivity contribution is 0.0750. The molecule has 1 aliphatic heterocycles. The van der Waals surface area contributed by atoms with Crippen molar-refractivity contribution in [2.75, 3.05) is 13.1 Å². The molecule has 1 aliphatic rings. The maximum absolute atomic E-state index is 12.6. The van der Waals surface area contributed by atoms with Crippen LogP contribution in [0.5, 0.6) is 0 Å². The molecule has 3 rings (SSSR count). The number of nitrogens with zero attached hydrogens (tertiary/aromatic N) is 2. The third-order valence-electron chi connectivity index (χ3n) is 4.60. The molecule has 1 unspecified atom stereocenters. The molecule has 4 heteroatoms. The normalized spacial score (nSPS) is 18.9. The number of aromatic nitrogens is 1. The minimum Gasteiger partial charge on any atom is -0.360 e. The van der Waals surface area contributed by atoms with Crippen LogP contribution in [-0.4, -0.2) is 29.1 Å². The summed E-state index contributed by atoms with van der Waals surface area (Å²) in [6.45, 7) is 5.64. The molecule has 1 saturated heterocycles. The van der Waals surface area contributed by atoms with Crippen LogP contribution in [0.1, 0.15) is 66.8 Å². The van der Waals surface area contributed by atoms with E-state index in [1.165, 1.54) is 5.56 Å². The lowest BCUT2D eigenvalue weighted by atomic mass is 9.92. The second kappa shape index (κ2) is 6.99. The minimum absolute atomic E-state index is 0.00522. The van der Waals surface area contributed by atoms with Gasteiger partial charge in [-0.1, -0.05) is 49.3 Å². The molecule has 0 saturated carbocycles. The van der Waals surface area contributed by atoms with E-state index < -0.39 is 0 Å². The predicted molar refractivity (Wildman–Crippen MR) is 89.5 cm³/mol. The molecule has 1 fully saturated rings. The topological polar surface area (TPSA) is 46.3 Å². The van der Waals surface area contributed by atoms with Crippen LogP contribution >= 0.6 is 0 Å². The fourth-order valence-corrected chi connectivity index (χ4v) is 3.18. The molecular weight excluding hydrogens is 288 g/mol. The molecule has 0 radical (unpaired) electrons. The van der Waals surface area contributed by atoms with Crippen LogP contribution in [0.2, 0.25) is 0 Å². The van der Waals surface area contributed by atoms with Crippen molar-refractivity contribution in [3.8, 4) is 0 Å². The van der Waals surface area contributed by atoms with Crippen LogP contribution in [0.25, 0.3) is 0 Å². The molecule has 2 heterocycles. The van der Waals surface area contributed by atoms with Gasteiger partial charge in [-0.25, -0.2) is 0 Å². The lowest BCUT2D eigenvalue weighted by Crippen LogP contribution is -2.32. The molecule has 1 aromatic heterocycles. The molecule has 1 aromatic carbocycles. The molecule has 1 atom stereocenters. The number of hydrogen-bond donors (Lipinski definition) is 0. The highest BCUT2D eigenvalue weighted by Gasteiger charge is 2.24. The molecular formula is C19H24N2O2. The van der Waals surface area contributed by atoms with E-state index >= 15 is 0 Å². The Morgan fingerprint density at radius 3 is 2.70 bits per heavy atom. The smallest absolute Gasteiger partial charge is 0.276 e. The van der Waals surface area contributed by atoms with Crippen LogP contribution in [0.4, 0.5) is 0 Å². The van der Waals surface area contributed by atoms with Gasteiger partial charge in [0.15, 0.2) is 5.69 Å². The van der Waals surface area contributed by atoms with Gasteiger partial charge in [0, 0.05) is 25.1 Å². The quantitative estimate of drug-likeness (QED) is 0.853. The van der Waals surface area contributed by atoms with Gasteiger partial charge in [0.2, 0.25) is 0 Å². The van der Waals surface area contributed by atoms with Gasteiger partial charge in [-0.3, -0.25) is 4.79 Å². The highest BCUT2D eigenvalue weighted by molar-refractivity contribution is 5.92. The first-order chi connectivity index (χ1) is 11.1. The van der Waals surface area contributed by atoms with Gasteiger partial charge >= 0.3 is 0 Å². The van der Waals surface area contributed by atoms with E-state index in [-0.39, 0.29) is 11.8 Å². The average Bonchev–Trinajstić information content (AvgIpc) is 2.94. The van der Waals surface area contributed by atoms with Crippen molar-refractivity contribution in [1.29, 1.82) is 0 Å². The van der Waals surface area contributed by atoms with E-state index in [0.717, 1.165) is 38.1 Å². The Morgan fingerprint density at radius 2 is 2.00 bits per heavy atom. The first kappa shape index (κ1) is 15.8. The Balaban J connectivity index is 1.66. The number of amides is 1. The molecule has 0 bridgehead atoms. The Morgan fingerprint density at radius 1 is 1.22 bits per heavy atom. The summed E-state index contributed by atoms with van der Waals surface area (Å²) in [7, 11) is 0. The highest BCUT2D eigenvalue weighted by atomic mass is 16.5. The zero-order valence-corrected chi connectivity index (χ0v) is 13.9. The van der Waals surface area contributed by atoms with E-state index in [2.05, 4.69) is 29.4 Å². The number of carbonyl (C=O) groups excluding carboxylic acids is 1. The largest absolute Gasteiger partial charge is 0.360 e. The van der Waals surface area contributed by atoms with Crippen molar-refractivity contribution in [1.82, 2.24) is 10.1 Å². The Kier molecular flexibility index (Phi) is 4.79. The fourth-order valence-electron chi connectivity index (χ4n) is 3.18. The van der Waals surface area contributed by atoms with Crippen LogP contribution in [0.15, 0.2) is 40.9 Å². The fraction of sp³-hybridized carbons (Fsp3) is 0.474. The zero-order valence-electron chi connectivity index (χ0n) is 13.9. The third-order valence-corrected chi connectivity index (χ3v) is 4.60. The van der Waals surface area contributed by atoms with Crippen molar-refractivity contribution in [3.63, 3.8) is 0 Å². The van der Waals surface area contributed by atoms with Crippen LogP contribution in [0.3, 0.4) is 0 Å². The Bertz CT molecular complexity index is 648. The number of carbonyl (C=O) groups is 1. The standard InChI is InChI=1S/C19H24N2O2/c1-14(2)18-13-17(20-23-18)19(22)21-11-6-9-16(10-12-21)15-7-4-3-5-8-15/h3-5,7-8,13-14,16H,6,9-12H2,1-2H3. The molecule has 0 N–H and O–H groups in total. The van der Waals surface area contributed by atoms with Crippen molar-refractivity contribution < 1.29 is 9.32 Å². The van der Waals surface area contributed by atoms with Gasteiger partial charge in [-0.05, 0) is 30.7 Å². The lowest BCUT2D eigenvalue weighted by Gasteiger charge is -2.19. The molecule has 122 valence electrons. The summed E-state index contributed by atoms with van der Waals surface area (Å²) in [5.74, 6) is 1.55. The number of hydrogen-bond acceptors (Lipinski definition) is 3. The van der Waals surface area contributed by atoms with E-state index in [0.29, 0.717) is 11.6 Å². The summed E-state index contributed by atoms with van der Waals surface area (Å²) in [5, 5.41) is 3.95. The molecule has 2 aromatic rings. The Hall–Kier alpha value is -2.10. The van der Waals surface area contributed by atoms with Gasteiger partial charge < -0.3 is 9.42 Å². The first-order valence-corrected chi connectivity index (χ1v) is 8.46. The maximum Gasteiger partial charge on any atom is 0.276 e. The van der Waals surface area contributed by atoms with Gasteiger partial charge in [0.25, 0.3) is 5.91 Å². The number of likely N-dealkylation sites (tertiary alicyclic amines) is 1. The Labute approximate surface area is 137 Å². The third kappa shape index (κ3) is 3.63. The second-order valence-electron chi connectivity index (χ2n) is 6.60. The summed E-state index contributed by atoms with van der Waals surface area (Å²) < 4.78 is 5.26. The predicted octanol–water partition coefficient (Wildman–Crippen LogP) is 4.21. The summed E-state index contributed by atoms with van der Waals surface area (Å²) in [5.41, 5.74) is 1.82. The van der Waals surface area contributed by atoms with Crippen LogP contribution in [-0.2, 0) is 0 Å². The summed E-state index contributed by atoms with van der Waals surface area (Å²) in [4.78, 5) is 14.6. The summed E-state index contributed by atoms with van der Waals surface area (Å²) in [6.07, 6.45) is 3.16. The molecule has 0 aliphatic carbocycles. The summed E-state index contributed by atoms with van der Waals surface area (Å²) >= 11 is 0. The zero-order chi connectivity index (χ0) is 16.2. The number of benzene rings is 1. The van der Waals surface area contributed by atoms with E-state index in [4.69, 9.17) is 4.52 Å². The highest BCUT2D eigenvalue weighted by Crippen LogP contribution is 2.28. The number of rotatable bonds is 3. The second-order valence-corrected chi connectivity index (χ2v) is 6.60. The molecule has 4 nitrogen and oxygen atoms in total. The van der Waals surface area contributed by atoms with Crippen molar-refractivity contribution >= 4 is 5.91 Å². The van der Waals surface area contributed by atoms with E-state index in [9.17, 15) is 4.79 Å². The van der Waals surface area contributed by atoms with Crippen molar-refractivity contribution in [3.05, 3.63) is 53.4 Å². The van der Waals surface area contributed by atoms with Gasteiger partial charge in [0.05, 0.1) is 0 Å². The molecule has 0 spiro atoms. The average molecular weight is 312 g/mol.